The zero-order valence-electron chi connectivity index (χ0n) is 25.2. The van der Waals surface area contributed by atoms with Crippen molar-refractivity contribution in [3.63, 3.8) is 0 Å². The monoisotopic (exact) mass is 598 g/mol. The highest BCUT2D eigenvalue weighted by Gasteiger charge is 2.26. The summed E-state index contributed by atoms with van der Waals surface area (Å²) in [5.41, 5.74) is 5.40. The molecule has 1 atom stereocenters. The van der Waals surface area contributed by atoms with Gasteiger partial charge in [-0.1, -0.05) is 61.0 Å². The molecule has 8 nitrogen and oxygen atoms in total. The first-order valence-electron chi connectivity index (χ1n) is 15.3. The van der Waals surface area contributed by atoms with Crippen molar-refractivity contribution in [2.24, 2.45) is 0 Å². The summed E-state index contributed by atoms with van der Waals surface area (Å²) < 4.78 is 9.83. The van der Waals surface area contributed by atoms with Crippen LogP contribution in [0, 0.1) is 6.92 Å². The average molecular weight is 599 g/mol. The molecule has 4 heterocycles. The van der Waals surface area contributed by atoms with Crippen LogP contribution >= 0.6 is 11.6 Å². The standard InChI is InChI=1S/C34H39ClN6O2/c1-4-29-36-24(3)31-34(42)40(5-2)28-16-17-30(37-33(28)41(29)31)43-23-9-18-38-19-21-39(22-20-38)32(25-10-7-6-8-11-25)26-12-14-27(35)15-13-26/h6-8,10-17,32H,4-5,9,18-23H2,1-3H3. The van der Waals surface area contributed by atoms with E-state index in [1.807, 2.05) is 49.4 Å². The number of rotatable bonds is 10. The molecule has 0 aliphatic carbocycles. The third-order valence-electron chi connectivity index (χ3n) is 8.47. The van der Waals surface area contributed by atoms with Gasteiger partial charge in [0.15, 0.2) is 5.65 Å². The third kappa shape index (κ3) is 5.92. The summed E-state index contributed by atoms with van der Waals surface area (Å²) in [5.74, 6) is 1.41. The topological polar surface area (TPSA) is 67.9 Å². The van der Waals surface area contributed by atoms with Crippen molar-refractivity contribution in [1.29, 1.82) is 0 Å². The SMILES string of the molecule is CCc1nc(C)c2c(=O)n(CC)c3ccc(OCCCN4CCN(C(c5ccccc5)c5ccc(Cl)cc5)CC4)nc3n12. The lowest BCUT2D eigenvalue weighted by molar-refractivity contribution is 0.105. The first-order valence-corrected chi connectivity index (χ1v) is 15.7. The van der Waals surface area contributed by atoms with E-state index < -0.39 is 0 Å². The van der Waals surface area contributed by atoms with Crippen molar-refractivity contribution in [2.45, 2.75) is 46.2 Å². The highest BCUT2D eigenvalue weighted by atomic mass is 35.5. The zero-order chi connectivity index (χ0) is 29.9. The van der Waals surface area contributed by atoms with E-state index in [0.717, 1.165) is 66.8 Å². The molecule has 1 unspecified atom stereocenters. The van der Waals surface area contributed by atoms with Gasteiger partial charge < -0.3 is 14.2 Å². The fourth-order valence-corrected chi connectivity index (χ4v) is 6.46. The molecule has 1 aliphatic heterocycles. The number of ether oxygens (including phenoxy) is 1. The maximum Gasteiger partial charge on any atom is 0.277 e. The Balaban J connectivity index is 1.09. The summed E-state index contributed by atoms with van der Waals surface area (Å²) in [5, 5.41) is 0.763. The Morgan fingerprint density at radius 1 is 0.907 bits per heavy atom. The van der Waals surface area contributed by atoms with Crippen LogP contribution in [0.2, 0.25) is 5.02 Å². The molecule has 224 valence electrons. The lowest BCUT2D eigenvalue weighted by Gasteiger charge is -2.39. The molecule has 9 heteroatoms. The van der Waals surface area contributed by atoms with E-state index in [4.69, 9.17) is 21.3 Å². The second kappa shape index (κ2) is 12.9. The van der Waals surface area contributed by atoms with E-state index in [9.17, 15) is 4.79 Å². The van der Waals surface area contributed by atoms with Crippen LogP contribution in [-0.2, 0) is 13.0 Å². The summed E-state index contributed by atoms with van der Waals surface area (Å²) in [6.45, 7) is 12.0. The van der Waals surface area contributed by atoms with Gasteiger partial charge in [-0.3, -0.25) is 14.1 Å². The van der Waals surface area contributed by atoms with E-state index in [2.05, 4.69) is 57.2 Å². The molecule has 43 heavy (non-hydrogen) atoms. The second-order valence-electron chi connectivity index (χ2n) is 11.1. The fourth-order valence-electron chi connectivity index (χ4n) is 6.34. The van der Waals surface area contributed by atoms with Gasteiger partial charge in [-0.25, -0.2) is 4.98 Å². The minimum absolute atomic E-state index is 0.0291. The van der Waals surface area contributed by atoms with Crippen molar-refractivity contribution in [1.82, 2.24) is 28.7 Å². The Bertz CT molecular complexity index is 1760. The second-order valence-corrected chi connectivity index (χ2v) is 11.6. The minimum Gasteiger partial charge on any atom is -0.478 e. The highest BCUT2D eigenvalue weighted by Crippen LogP contribution is 2.30. The lowest BCUT2D eigenvalue weighted by atomic mass is 9.96. The first-order chi connectivity index (χ1) is 21.0. The maximum absolute atomic E-state index is 13.2. The van der Waals surface area contributed by atoms with Gasteiger partial charge in [-0.2, -0.15) is 4.98 Å². The minimum atomic E-state index is -0.0291. The molecule has 0 amide bonds. The summed E-state index contributed by atoms with van der Waals surface area (Å²) in [6.07, 6.45) is 1.62. The molecule has 1 fully saturated rings. The Morgan fingerprint density at radius 2 is 1.63 bits per heavy atom. The normalized spacial score (nSPS) is 15.3. The van der Waals surface area contributed by atoms with Crippen molar-refractivity contribution < 1.29 is 4.74 Å². The number of pyridine rings is 1. The Morgan fingerprint density at radius 3 is 2.33 bits per heavy atom. The number of aryl methyl sites for hydroxylation is 3. The molecule has 6 rings (SSSR count). The molecular formula is C34H39ClN6O2. The molecule has 0 N–H and O–H groups in total. The molecule has 1 aliphatic rings. The highest BCUT2D eigenvalue weighted by molar-refractivity contribution is 6.30. The zero-order valence-corrected chi connectivity index (χ0v) is 25.9. The molecule has 0 spiro atoms. The van der Waals surface area contributed by atoms with E-state index in [1.54, 1.807) is 4.57 Å². The van der Waals surface area contributed by atoms with Crippen molar-refractivity contribution in [2.75, 3.05) is 39.3 Å². The molecule has 2 aromatic carbocycles. The van der Waals surface area contributed by atoms with Gasteiger partial charge in [0.25, 0.3) is 5.56 Å². The van der Waals surface area contributed by atoms with Crippen LogP contribution in [0.1, 0.15) is 49.0 Å². The van der Waals surface area contributed by atoms with Gasteiger partial charge in [-0.15, -0.1) is 0 Å². The largest absolute Gasteiger partial charge is 0.478 e. The number of halogens is 1. The molecule has 5 aromatic rings. The van der Waals surface area contributed by atoms with Gasteiger partial charge in [-0.05, 0) is 49.6 Å². The smallest absolute Gasteiger partial charge is 0.277 e. The van der Waals surface area contributed by atoms with Crippen LogP contribution in [0.4, 0.5) is 0 Å². The van der Waals surface area contributed by atoms with Gasteiger partial charge in [0.2, 0.25) is 5.88 Å². The summed E-state index contributed by atoms with van der Waals surface area (Å²) in [7, 11) is 0. The summed E-state index contributed by atoms with van der Waals surface area (Å²) in [4.78, 5) is 27.8. The fraction of sp³-hybridized carbons (Fsp3) is 0.382. The average Bonchev–Trinajstić information content (AvgIpc) is 3.38. The van der Waals surface area contributed by atoms with E-state index >= 15 is 0 Å². The number of benzene rings is 2. The Labute approximate surface area is 257 Å². The maximum atomic E-state index is 13.2. The predicted octanol–water partition coefficient (Wildman–Crippen LogP) is 5.76. The van der Waals surface area contributed by atoms with E-state index in [0.29, 0.717) is 31.0 Å². The van der Waals surface area contributed by atoms with Gasteiger partial charge in [0.1, 0.15) is 11.3 Å². The van der Waals surface area contributed by atoms with Crippen molar-refractivity contribution in [3.05, 3.63) is 105 Å². The summed E-state index contributed by atoms with van der Waals surface area (Å²) >= 11 is 6.20. The van der Waals surface area contributed by atoms with E-state index in [1.165, 1.54) is 11.1 Å². The van der Waals surface area contributed by atoms with Crippen LogP contribution < -0.4 is 10.3 Å². The molecule has 0 bridgehead atoms. The summed E-state index contributed by atoms with van der Waals surface area (Å²) in [6, 6.07) is 23.0. The number of aromatic nitrogens is 4. The Kier molecular flexibility index (Phi) is 8.79. The molecular weight excluding hydrogens is 560 g/mol. The molecule has 0 radical (unpaired) electrons. The number of hydrogen-bond acceptors (Lipinski definition) is 6. The number of imidazole rings is 1. The number of piperazine rings is 1. The third-order valence-corrected chi connectivity index (χ3v) is 8.73. The van der Waals surface area contributed by atoms with Crippen LogP contribution in [0.5, 0.6) is 5.88 Å². The number of nitrogens with zero attached hydrogens (tertiary/aromatic N) is 6. The van der Waals surface area contributed by atoms with Crippen molar-refractivity contribution >= 4 is 28.3 Å². The quantitative estimate of drug-likeness (QED) is 0.190. The molecule has 3 aromatic heterocycles. The van der Waals surface area contributed by atoms with Crippen LogP contribution in [0.15, 0.2) is 71.5 Å². The predicted molar refractivity (Wildman–Crippen MR) is 172 cm³/mol. The molecule has 0 saturated carbocycles. The van der Waals surface area contributed by atoms with Crippen molar-refractivity contribution in [3.8, 4) is 5.88 Å². The van der Waals surface area contributed by atoms with Gasteiger partial charge in [0.05, 0.1) is 23.9 Å². The first kappa shape index (κ1) is 29.4. The van der Waals surface area contributed by atoms with Crippen LogP contribution in [0.3, 0.4) is 0 Å². The van der Waals surface area contributed by atoms with Gasteiger partial charge in [0, 0.05) is 56.8 Å². The van der Waals surface area contributed by atoms with Gasteiger partial charge >= 0.3 is 0 Å². The van der Waals surface area contributed by atoms with E-state index in [-0.39, 0.29) is 11.6 Å². The number of hydrogen-bond donors (Lipinski definition) is 0. The Hall–Kier alpha value is -3.72. The molecule has 1 saturated heterocycles. The number of fused-ring (bicyclic) bond motifs is 3. The van der Waals surface area contributed by atoms with Crippen LogP contribution in [0.25, 0.3) is 16.7 Å². The lowest BCUT2D eigenvalue weighted by Crippen LogP contribution is -2.48. The van der Waals surface area contributed by atoms with Crippen LogP contribution in [-0.4, -0.2) is 68.1 Å².